The predicted octanol–water partition coefficient (Wildman–Crippen LogP) is 2.32. The van der Waals surface area contributed by atoms with Gasteiger partial charge in [-0.15, -0.1) is 6.42 Å². The molecule has 2 amide bonds. The van der Waals surface area contributed by atoms with Crippen LogP contribution in [0.1, 0.15) is 44.4 Å². The average molecular weight is 442 g/mol. The SMILES string of the molecule is C#CCC(=O)c1ccnc2c(C(=O)C(=O)N3CCN(C(=O)c4ccccc4)C[C@H]3C)c[nH]c12. The van der Waals surface area contributed by atoms with Crippen LogP contribution in [0.5, 0.6) is 0 Å². The maximum absolute atomic E-state index is 13.1. The number of terminal acetylenes is 1. The molecule has 8 nitrogen and oxygen atoms in total. The number of nitrogens with one attached hydrogen (secondary N) is 1. The summed E-state index contributed by atoms with van der Waals surface area (Å²) < 4.78 is 0. The van der Waals surface area contributed by atoms with E-state index in [4.69, 9.17) is 6.42 Å². The number of H-pyrrole nitrogens is 1. The van der Waals surface area contributed by atoms with Crippen LogP contribution in [0.25, 0.3) is 11.0 Å². The maximum Gasteiger partial charge on any atom is 0.295 e. The van der Waals surface area contributed by atoms with E-state index in [0.29, 0.717) is 29.7 Å². The molecule has 0 radical (unpaired) electrons. The quantitative estimate of drug-likeness (QED) is 0.371. The monoisotopic (exact) mass is 442 g/mol. The second-order valence-corrected chi connectivity index (χ2v) is 7.88. The van der Waals surface area contributed by atoms with Crippen molar-refractivity contribution in [2.45, 2.75) is 19.4 Å². The van der Waals surface area contributed by atoms with Crippen LogP contribution in [0.15, 0.2) is 48.8 Å². The number of nitrogens with zero attached hydrogens (tertiary/aromatic N) is 3. The summed E-state index contributed by atoms with van der Waals surface area (Å²) in [4.78, 5) is 61.4. The van der Waals surface area contributed by atoms with Crippen molar-refractivity contribution in [1.29, 1.82) is 0 Å². The van der Waals surface area contributed by atoms with E-state index in [0.717, 1.165) is 0 Å². The molecule has 1 aliphatic rings. The molecular weight excluding hydrogens is 420 g/mol. The van der Waals surface area contributed by atoms with Crippen molar-refractivity contribution in [2.75, 3.05) is 19.6 Å². The van der Waals surface area contributed by atoms with E-state index in [9.17, 15) is 19.2 Å². The molecule has 166 valence electrons. The summed E-state index contributed by atoms with van der Waals surface area (Å²) in [6.07, 6.45) is 7.96. The summed E-state index contributed by atoms with van der Waals surface area (Å²) >= 11 is 0. The molecule has 1 aliphatic heterocycles. The van der Waals surface area contributed by atoms with Gasteiger partial charge in [0.1, 0.15) is 0 Å². The Bertz CT molecular complexity index is 1290. The van der Waals surface area contributed by atoms with Crippen molar-refractivity contribution in [3.05, 3.63) is 65.5 Å². The molecule has 8 heteroatoms. The second kappa shape index (κ2) is 9.09. The Morgan fingerprint density at radius 2 is 1.88 bits per heavy atom. The summed E-state index contributed by atoms with van der Waals surface area (Å²) in [5.41, 5.74) is 1.63. The molecule has 1 N–H and O–H groups in total. The van der Waals surface area contributed by atoms with Crippen LogP contribution in [0.2, 0.25) is 0 Å². The van der Waals surface area contributed by atoms with Gasteiger partial charge in [0.25, 0.3) is 17.6 Å². The van der Waals surface area contributed by atoms with Gasteiger partial charge in [-0.25, -0.2) is 0 Å². The largest absolute Gasteiger partial charge is 0.359 e. The molecule has 1 atom stereocenters. The van der Waals surface area contributed by atoms with Gasteiger partial charge in [-0.3, -0.25) is 24.2 Å². The van der Waals surface area contributed by atoms with Gasteiger partial charge in [-0.1, -0.05) is 24.1 Å². The third-order valence-electron chi connectivity index (χ3n) is 5.77. The summed E-state index contributed by atoms with van der Waals surface area (Å²) in [6, 6.07) is 10.1. The fourth-order valence-electron chi connectivity index (χ4n) is 4.07. The first kappa shape index (κ1) is 22.0. The number of piperazine rings is 1. The maximum atomic E-state index is 13.1. The highest BCUT2D eigenvalue weighted by Gasteiger charge is 2.34. The number of aromatic nitrogens is 2. The second-order valence-electron chi connectivity index (χ2n) is 7.88. The van der Waals surface area contributed by atoms with Crippen molar-refractivity contribution < 1.29 is 19.2 Å². The third-order valence-corrected chi connectivity index (χ3v) is 5.77. The van der Waals surface area contributed by atoms with E-state index in [1.165, 1.54) is 23.4 Å². The van der Waals surface area contributed by atoms with Gasteiger partial charge in [0.2, 0.25) is 0 Å². The number of aromatic amines is 1. The number of rotatable bonds is 5. The highest BCUT2D eigenvalue weighted by molar-refractivity contribution is 6.44. The lowest BCUT2D eigenvalue weighted by molar-refractivity contribution is -0.130. The highest BCUT2D eigenvalue weighted by Crippen LogP contribution is 2.23. The summed E-state index contributed by atoms with van der Waals surface area (Å²) in [7, 11) is 0. The van der Waals surface area contributed by atoms with Crippen LogP contribution in [-0.2, 0) is 4.79 Å². The number of pyridine rings is 1. The van der Waals surface area contributed by atoms with E-state index in [2.05, 4.69) is 15.9 Å². The first-order valence-electron chi connectivity index (χ1n) is 10.5. The van der Waals surface area contributed by atoms with Crippen molar-refractivity contribution in [1.82, 2.24) is 19.8 Å². The van der Waals surface area contributed by atoms with Crippen LogP contribution < -0.4 is 0 Å². The number of ketones is 2. The zero-order chi connectivity index (χ0) is 23.5. The number of Topliss-reactive ketones (excluding diaryl/α,β-unsaturated/α-hetero) is 2. The number of fused-ring (bicyclic) bond motifs is 1. The normalized spacial score (nSPS) is 15.8. The number of hydrogen-bond acceptors (Lipinski definition) is 5. The Hall–Kier alpha value is -4.25. The van der Waals surface area contributed by atoms with Crippen LogP contribution in [0.3, 0.4) is 0 Å². The van der Waals surface area contributed by atoms with E-state index in [1.54, 1.807) is 36.1 Å². The zero-order valence-corrected chi connectivity index (χ0v) is 18.1. The molecule has 1 fully saturated rings. The minimum absolute atomic E-state index is 0.0795. The fourth-order valence-corrected chi connectivity index (χ4v) is 4.07. The molecule has 0 saturated carbocycles. The van der Waals surface area contributed by atoms with Crippen LogP contribution >= 0.6 is 0 Å². The molecule has 4 rings (SSSR count). The Kier molecular flexibility index (Phi) is 6.05. The minimum atomic E-state index is -0.718. The van der Waals surface area contributed by atoms with Gasteiger partial charge < -0.3 is 14.8 Å². The van der Waals surface area contributed by atoms with Gasteiger partial charge in [0.05, 0.1) is 23.0 Å². The molecular formula is C25H22N4O4. The highest BCUT2D eigenvalue weighted by atomic mass is 16.2. The smallest absolute Gasteiger partial charge is 0.295 e. The van der Waals surface area contributed by atoms with Gasteiger partial charge in [-0.05, 0) is 25.1 Å². The van der Waals surface area contributed by atoms with Crippen LogP contribution in [0, 0.1) is 12.3 Å². The summed E-state index contributed by atoms with van der Waals surface area (Å²) in [5.74, 6) is 0.543. The van der Waals surface area contributed by atoms with Crippen LogP contribution in [0.4, 0.5) is 0 Å². The minimum Gasteiger partial charge on any atom is -0.359 e. The predicted molar refractivity (Wildman–Crippen MR) is 122 cm³/mol. The fraction of sp³-hybridized carbons (Fsp3) is 0.240. The zero-order valence-electron chi connectivity index (χ0n) is 18.1. The van der Waals surface area contributed by atoms with E-state index < -0.39 is 11.7 Å². The Morgan fingerprint density at radius 1 is 1.12 bits per heavy atom. The van der Waals surface area contributed by atoms with Gasteiger partial charge in [0.15, 0.2) is 5.78 Å². The first-order valence-corrected chi connectivity index (χ1v) is 10.5. The van der Waals surface area contributed by atoms with E-state index in [1.807, 2.05) is 6.07 Å². The summed E-state index contributed by atoms with van der Waals surface area (Å²) in [6.45, 7) is 2.70. The van der Waals surface area contributed by atoms with Crippen molar-refractivity contribution in [3.63, 3.8) is 0 Å². The lowest BCUT2D eigenvalue weighted by atomic mass is 10.1. The van der Waals surface area contributed by atoms with E-state index >= 15 is 0 Å². The summed E-state index contributed by atoms with van der Waals surface area (Å²) in [5, 5.41) is 0. The Labute approximate surface area is 190 Å². The van der Waals surface area contributed by atoms with Crippen LogP contribution in [-0.4, -0.2) is 68.8 Å². The molecule has 3 heterocycles. The molecule has 0 aliphatic carbocycles. The average Bonchev–Trinajstić information content (AvgIpc) is 3.27. The standard InChI is InChI=1S/C25H22N4O4/c1-3-7-20(30)18-10-11-26-22-19(14-27-21(18)22)23(31)25(33)29-13-12-28(15-16(29)2)24(32)17-8-5-4-6-9-17/h1,4-6,8-11,14,16,27H,7,12-13,15H2,2H3/t16-/m1/s1. The number of benzene rings is 1. The van der Waals surface area contributed by atoms with E-state index in [-0.39, 0.29) is 41.8 Å². The Balaban J connectivity index is 1.51. The first-order chi connectivity index (χ1) is 15.9. The van der Waals surface area contributed by atoms with Crippen molar-refractivity contribution in [3.8, 4) is 12.3 Å². The molecule has 0 spiro atoms. The van der Waals surface area contributed by atoms with Crippen molar-refractivity contribution >= 4 is 34.4 Å². The molecule has 3 aromatic rings. The molecule has 1 saturated heterocycles. The molecule has 2 aromatic heterocycles. The van der Waals surface area contributed by atoms with Gasteiger partial charge in [-0.2, -0.15) is 0 Å². The Morgan fingerprint density at radius 3 is 2.58 bits per heavy atom. The number of amides is 2. The van der Waals surface area contributed by atoms with Gasteiger partial charge in [0, 0.05) is 49.2 Å². The third kappa shape index (κ3) is 4.13. The lowest BCUT2D eigenvalue weighted by Crippen LogP contribution is -2.56. The molecule has 33 heavy (non-hydrogen) atoms. The topological polar surface area (TPSA) is 103 Å². The molecule has 0 unspecified atom stereocenters. The number of carbonyl (C=O) groups excluding carboxylic acids is 4. The van der Waals surface area contributed by atoms with Gasteiger partial charge >= 0.3 is 0 Å². The number of carbonyl (C=O) groups is 4. The molecule has 1 aromatic carbocycles. The molecule has 0 bridgehead atoms. The van der Waals surface area contributed by atoms with Crippen molar-refractivity contribution in [2.24, 2.45) is 0 Å². The lowest BCUT2D eigenvalue weighted by Gasteiger charge is -2.39. The number of hydrogen-bond donors (Lipinski definition) is 1.